The Hall–Kier alpha value is -0.610. The van der Waals surface area contributed by atoms with Crippen LogP contribution in [0.25, 0.3) is 0 Å². The van der Waals surface area contributed by atoms with Gasteiger partial charge >= 0.3 is 5.97 Å². The van der Waals surface area contributed by atoms with Gasteiger partial charge in [0.15, 0.2) is 0 Å². The molecule has 0 aromatic heterocycles. The molecule has 0 rings (SSSR count). The first-order valence-corrected chi connectivity index (χ1v) is 4.65. The lowest BCUT2D eigenvalue weighted by Crippen LogP contribution is -2.29. The molecular formula is C9H19NO3. The quantitative estimate of drug-likeness (QED) is 0.574. The predicted molar refractivity (Wildman–Crippen MR) is 50.9 cm³/mol. The van der Waals surface area contributed by atoms with Gasteiger partial charge in [-0.1, -0.05) is 13.3 Å². The zero-order valence-corrected chi connectivity index (χ0v) is 8.45. The summed E-state index contributed by atoms with van der Waals surface area (Å²) >= 11 is 0. The van der Waals surface area contributed by atoms with E-state index < -0.39 is 5.97 Å². The molecule has 0 spiro atoms. The van der Waals surface area contributed by atoms with Gasteiger partial charge in [0.2, 0.25) is 0 Å². The Labute approximate surface area is 79.5 Å². The van der Waals surface area contributed by atoms with Crippen LogP contribution < -0.4 is 0 Å². The summed E-state index contributed by atoms with van der Waals surface area (Å²) in [7, 11) is 1.78. The lowest BCUT2D eigenvalue weighted by atomic mass is 10.4. The van der Waals surface area contributed by atoms with Crippen molar-refractivity contribution in [1.29, 1.82) is 0 Å². The van der Waals surface area contributed by atoms with Crippen molar-refractivity contribution in [2.24, 2.45) is 0 Å². The molecule has 0 bridgehead atoms. The molecule has 0 aromatic carbocycles. The number of aliphatic carboxylic acids is 1. The van der Waals surface area contributed by atoms with Gasteiger partial charge in [-0.05, 0) is 13.5 Å². The van der Waals surface area contributed by atoms with Gasteiger partial charge < -0.3 is 9.84 Å². The minimum atomic E-state index is -0.795. The summed E-state index contributed by atoms with van der Waals surface area (Å²) < 4.78 is 5.29. The van der Waals surface area contributed by atoms with E-state index in [0.29, 0.717) is 13.2 Å². The molecule has 0 aliphatic carbocycles. The SMILES string of the molecule is CCCCOCCN(C)CC(=O)O. The zero-order valence-electron chi connectivity index (χ0n) is 8.45. The second-order valence-corrected chi connectivity index (χ2v) is 3.10. The van der Waals surface area contributed by atoms with E-state index in [1.165, 1.54) is 0 Å². The van der Waals surface area contributed by atoms with Crippen molar-refractivity contribution in [3.05, 3.63) is 0 Å². The summed E-state index contributed by atoms with van der Waals surface area (Å²) in [5, 5.41) is 8.44. The third-order valence-corrected chi connectivity index (χ3v) is 1.66. The zero-order chi connectivity index (χ0) is 10.1. The first-order chi connectivity index (χ1) is 6.16. The molecule has 0 amide bonds. The highest BCUT2D eigenvalue weighted by atomic mass is 16.5. The fourth-order valence-corrected chi connectivity index (χ4v) is 0.879. The molecule has 0 radical (unpaired) electrons. The largest absolute Gasteiger partial charge is 0.480 e. The van der Waals surface area contributed by atoms with Crippen molar-refractivity contribution in [1.82, 2.24) is 4.90 Å². The predicted octanol–water partition coefficient (Wildman–Crippen LogP) is 0.820. The molecule has 0 heterocycles. The van der Waals surface area contributed by atoms with Gasteiger partial charge in [0.25, 0.3) is 0 Å². The van der Waals surface area contributed by atoms with Crippen LogP contribution in [0.1, 0.15) is 19.8 Å². The summed E-state index contributed by atoms with van der Waals surface area (Å²) in [4.78, 5) is 12.0. The molecule has 4 nitrogen and oxygen atoms in total. The second-order valence-electron chi connectivity index (χ2n) is 3.10. The molecular weight excluding hydrogens is 170 g/mol. The van der Waals surface area contributed by atoms with Crippen LogP contribution in [-0.2, 0) is 9.53 Å². The van der Waals surface area contributed by atoms with Crippen molar-refractivity contribution >= 4 is 5.97 Å². The Morgan fingerprint density at radius 1 is 1.46 bits per heavy atom. The standard InChI is InChI=1S/C9H19NO3/c1-3-4-6-13-7-5-10(2)8-9(11)12/h3-8H2,1-2H3,(H,11,12). The van der Waals surface area contributed by atoms with E-state index in [-0.39, 0.29) is 6.54 Å². The maximum atomic E-state index is 10.3. The van der Waals surface area contributed by atoms with E-state index in [1.54, 1.807) is 11.9 Å². The van der Waals surface area contributed by atoms with Crippen LogP contribution in [0.5, 0.6) is 0 Å². The van der Waals surface area contributed by atoms with E-state index in [9.17, 15) is 4.79 Å². The average Bonchev–Trinajstić information content (AvgIpc) is 2.02. The number of carbonyl (C=O) groups is 1. The normalized spacial score (nSPS) is 10.7. The molecule has 13 heavy (non-hydrogen) atoms. The summed E-state index contributed by atoms with van der Waals surface area (Å²) in [5.41, 5.74) is 0. The van der Waals surface area contributed by atoms with E-state index in [2.05, 4.69) is 6.92 Å². The number of hydrogen-bond donors (Lipinski definition) is 1. The topological polar surface area (TPSA) is 49.8 Å². The monoisotopic (exact) mass is 189 g/mol. The van der Waals surface area contributed by atoms with Crippen LogP contribution in [-0.4, -0.2) is 49.3 Å². The number of nitrogens with zero attached hydrogens (tertiary/aromatic N) is 1. The first-order valence-electron chi connectivity index (χ1n) is 4.65. The highest BCUT2D eigenvalue weighted by Gasteiger charge is 2.02. The molecule has 0 aliphatic heterocycles. The Morgan fingerprint density at radius 3 is 2.69 bits per heavy atom. The summed E-state index contributed by atoms with van der Waals surface area (Å²) in [6.07, 6.45) is 2.20. The first kappa shape index (κ1) is 12.4. The molecule has 0 aliphatic rings. The van der Waals surface area contributed by atoms with Crippen LogP contribution in [0.3, 0.4) is 0 Å². The van der Waals surface area contributed by atoms with Gasteiger partial charge in [-0.25, -0.2) is 0 Å². The fraction of sp³-hybridized carbons (Fsp3) is 0.889. The highest BCUT2D eigenvalue weighted by Crippen LogP contribution is 1.88. The Balaban J connectivity index is 3.17. The highest BCUT2D eigenvalue weighted by molar-refractivity contribution is 5.68. The Morgan fingerprint density at radius 2 is 2.15 bits per heavy atom. The number of unbranched alkanes of at least 4 members (excludes halogenated alkanes) is 1. The smallest absolute Gasteiger partial charge is 0.317 e. The lowest BCUT2D eigenvalue weighted by molar-refractivity contribution is -0.138. The molecule has 4 heteroatoms. The van der Waals surface area contributed by atoms with Crippen LogP contribution >= 0.6 is 0 Å². The van der Waals surface area contributed by atoms with Crippen LogP contribution in [0.4, 0.5) is 0 Å². The maximum absolute atomic E-state index is 10.3. The summed E-state index contributed by atoms with van der Waals surface area (Å²) in [5.74, 6) is -0.795. The molecule has 0 aromatic rings. The molecule has 78 valence electrons. The van der Waals surface area contributed by atoms with E-state index in [1.807, 2.05) is 0 Å². The number of rotatable bonds is 8. The summed E-state index contributed by atoms with van der Waals surface area (Å²) in [6, 6.07) is 0. The minimum absolute atomic E-state index is 0.0805. The molecule has 1 N–H and O–H groups in total. The van der Waals surface area contributed by atoms with Gasteiger partial charge in [-0.2, -0.15) is 0 Å². The molecule has 0 atom stereocenters. The van der Waals surface area contributed by atoms with Crippen LogP contribution in [0.2, 0.25) is 0 Å². The maximum Gasteiger partial charge on any atom is 0.317 e. The van der Waals surface area contributed by atoms with Crippen LogP contribution in [0, 0.1) is 0 Å². The Bertz CT molecular complexity index is 139. The van der Waals surface area contributed by atoms with E-state index >= 15 is 0 Å². The van der Waals surface area contributed by atoms with Gasteiger partial charge in [-0.15, -0.1) is 0 Å². The molecule has 0 saturated heterocycles. The third-order valence-electron chi connectivity index (χ3n) is 1.66. The van der Waals surface area contributed by atoms with Gasteiger partial charge in [-0.3, -0.25) is 9.69 Å². The van der Waals surface area contributed by atoms with Crippen molar-refractivity contribution in [2.75, 3.05) is 33.4 Å². The average molecular weight is 189 g/mol. The number of ether oxygens (including phenoxy) is 1. The van der Waals surface area contributed by atoms with Crippen LogP contribution in [0.15, 0.2) is 0 Å². The van der Waals surface area contributed by atoms with Gasteiger partial charge in [0.05, 0.1) is 13.2 Å². The van der Waals surface area contributed by atoms with E-state index in [0.717, 1.165) is 19.4 Å². The second kappa shape index (κ2) is 8.01. The molecule has 0 unspecified atom stereocenters. The number of carboxylic acids is 1. The number of carboxylic acid groups (broad SMARTS) is 1. The van der Waals surface area contributed by atoms with Crippen molar-refractivity contribution < 1.29 is 14.6 Å². The minimum Gasteiger partial charge on any atom is -0.480 e. The fourth-order valence-electron chi connectivity index (χ4n) is 0.879. The summed E-state index contributed by atoms with van der Waals surface area (Å²) in [6.45, 7) is 4.26. The van der Waals surface area contributed by atoms with Gasteiger partial charge in [0, 0.05) is 13.2 Å². The number of likely N-dealkylation sites (N-methyl/N-ethyl adjacent to an activating group) is 1. The Kier molecular flexibility index (Phi) is 7.63. The lowest BCUT2D eigenvalue weighted by Gasteiger charge is -2.13. The van der Waals surface area contributed by atoms with Crippen molar-refractivity contribution in [3.63, 3.8) is 0 Å². The molecule has 0 saturated carbocycles. The number of hydrogen-bond acceptors (Lipinski definition) is 3. The van der Waals surface area contributed by atoms with E-state index in [4.69, 9.17) is 9.84 Å². The molecule has 0 fully saturated rings. The van der Waals surface area contributed by atoms with Crippen molar-refractivity contribution in [2.45, 2.75) is 19.8 Å². The van der Waals surface area contributed by atoms with Gasteiger partial charge in [0.1, 0.15) is 0 Å². The third kappa shape index (κ3) is 9.30. The van der Waals surface area contributed by atoms with Crippen molar-refractivity contribution in [3.8, 4) is 0 Å².